The molecule has 1 aromatic carbocycles. The van der Waals surface area contributed by atoms with Gasteiger partial charge < -0.3 is 0 Å². The third kappa shape index (κ3) is 2.11. The lowest BCUT2D eigenvalue weighted by Gasteiger charge is -2.15. The average Bonchev–Trinajstić information content (AvgIpc) is 2.32. The van der Waals surface area contributed by atoms with Crippen LogP contribution in [-0.4, -0.2) is 15.6 Å². The molecule has 0 atom stereocenters. The fraction of sp³-hybridized carbons (Fsp3) is 0.308. The van der Waals surface area contributed by atoms with Crippen molar-refractivity contribution in [3.63, 3.8) is 0 Å². The molecular weight excluding hydrogens is 230 g/mol. The van der Waals surface area contributed by atoms with E-state index in [0.717, 1.165) is 0 Å². The first-order valence-corrected chi connectivity index (χ1v) is 5.80. The largest absolute Gasteiger partial charge is 0.280 e. The highest BCUT2D eigenvalue weighted by molar-refractivity contribution is 5.82. The van der Waals surface area contributed by atoms with E-state index in [4.69, 9.17) is 0 Å². The smallest absolute Gasteiger partial charge is 0.274 e. The molecule has 0 aliphatic carbocycles. The molecule has 0 unspecified atom stereocenters. The van der Waals surface area contributed by atoms with Crippen LogP contribution in [0.15, 0.2) is 29.1 Å². The van der Waals surface area contributed by atoms with E-state index in [0.29, 0.717) is 16.7 Å². The number of rotatable bonds is 2. The van der Waals surface area contributed by atoms with Gasteiger partial charge in [0.1, 0.15) is 5.82 Å². The highest BCUT2D eigenvalue weighted by Gasteiger charge is 2.14. The predicted octanol–water partition coefficient (Wildman–Crippen LogP) is 1.61. The number of hydrogen-bond donors (Lipinski definition) is 1. The normalized spacial score (nSPS) is 10.9. The van der Waals surface area contributed by atoms with E-state index in [-0.39, 0.29) is 17.4 Å². The van der Waals surface area contributed by atoms with Crippen molar-refractivity contribution in [3.8, 4) is 0 Å². The number of nitrogens with one attached hydrogen (secondary N) is 1. The molecule has 0 bridgehead atoms. The van der Waals surface area contributed by atoms with Gasteiger partial charge in [-0.3, -0.25) is 15.0 Å². The zero-order valence-electron chi connectivity index (χ0n) is 10.6. The Hall–Kier alpha value is -2.17. The molecular formula is C13H15N3O2. The SMILES string of the molecule is CC(=O)Nn1c(C(C)C)nc2ccccc2c1=O. The second-order valence-electron chi connectivity index (χ2n) is 4.45. The van der Waals surface area contributed by atoms with E-state index < -0.39 is 0 Å². The zero-order valence-corrected chi connectivity index (χ0v) is 10.6. The summed E-state index contributed by atoms with van der Waals surface area (Å²) in [4.78, 5) is 27.9. The highest BCUT2D eigenvalue weighted by Crippen LogP contribution is 2.13. The first-order chi connectivity index (χ1) is 8.50. The fourth-order valence-electron chi connectivity index (χ4n) is 1.80. The topological polar surface area (TPSA) is 64.0 Å². The maximum Gasteiger partial charge on any atom is 0.280 e. The zero-order chi connectivity index (χ0) is 13.3. The molecule has 94 valence electrons. The van der Waals surface area contributed by atoms with Crippen LogP contribution in [0.1, 0.15) is 32.5 Å². The Kier molecular flexibility index (Phi) is 3.14. The van der Waals surface area contributed by atoms with Crippen LogP contribution in [0.5, 0.6) is 0 Å². The number of hydrogen-bond acceptors (Lipinski definition) is 3. The van der Waals surface area contributed by atoms with Crippen molar-refractivity contribution < 1.29 is 4.79 Å². The van der Waals surface area contributed by atoms with Crippen LogP contribution >= 0.6 is 0 Å². The molecule has 5 heteroatoms. The minimum absolute atomic E-state index is 0.0363. The molecule has 0 aliphatic rings. The summed E-state index contributed by atoms with van der Waals surface area (Å²) in [6, 6.07) is 7.11. The van der Waals surface area contributed by atoms with Crippen LogP contribution in [0, 0.1) is 0 Å². The summed E-state index contributed by atoms with van der Waals surface area (Å²) in [5.74, 6) is 0.291. The molecule has 2 aromatic rings. The molecule has 0 radical (unpaired) electrons. The van der Waals surface area contributed by atoms with E-state index in [9.17, 15) is 9.59 Å². The first kappa shape index (κ1) is 12.3. The maximum absolute atomic E-state index is 12.3. The number of aromatic nitrogens is 2. The summed E-state index contributed by atoms with van der Waals surface area (Å²) in [5.41, 5.74) is 2.91. The monoisotopic (exact) mass is 245 g/mol. The number of benzene rings is 1. The standard InChI is InChI=1S/C13H15N3O2/c1-8(2)12-14-11-7-5-4-6-10(11)13(18)16(12)15-9(3)17/h4-8H,1-3H3,(H,15,17). The van der Waals surface area contributed by atoms with Crippen molar-refractivity contribution in [2.45, 2.75) is 26.7 Å². The maximum atomic E-state index is 12.3. The van der Waals surface area contributed by atoms with Gasteiger partial charge in [-0.2, -0.15) is 0 Å². The summed E-state index contributed by atoms with van der Waals surface area (Å²) in [6.07, 6.45) is 0. The van der Waals surface area contributed by atoms with Crippen LogP contribution in [-0.2, 0) is 4.79 Å². The van der Waals surface area contributed by atoms with Crippen molar-refractivity contribution in [2.75, 3.05) is 5.43 Å². The van der Waals surface area contributed by atoms with Gasteiger partial charge in [0.15, 0.2) is 0 Å². The van der Waals surface area contributed by atoms with Crippen molar-refractivity contribution in [3.05, 3.63) is 40.4 Å². The third-order valence-electron chi connectivity index (χ3n) is 2.59. The predicted molar refractivity (Wildman–Crippen MR) is 70.1 cm³/mol. The summed E-state index contributed by atoms with van der Waals surface area (Å²) in [5, 5.41) is 0.496. The molecule has 0 saturated heterocycles. The van der Waals surface area contributed by atoms with Crippen molar-refractivity contribution in [1.29, 1.82) is 0 Å². The van der Waals surface area contributed by atoms with Crippen LogP contribution < -0.4 is 11.0 Å². The molecule has 0 saturated carbocycles. The Balaban J connectivity index is 2.79. The number of carbonyl (C=O) groups excluding carboxylic acids is 1. The van der Waals surface area contributed by atoms with Crippen LogP contribution in [0.2, 0.25) is 0 Å². The fourth-order valence-corrected chi connectivity index (χ4v) is 1.80. The van der Waals surface area contributed by atoms with Crippen LogP contribution in [0.4, 0.5) is 0 Å². The van der Waals surface area contributed by atoms with Gasteiger partial charge in [-0.1, -0.05) is 26.0 Å². The molecule has 0 aliphatic heterocycles. The van der Waals surface area contributed by atoms with Gasteiger partial charge in [-0.25, -0.2) is 9.66 Å². The minimum Gasteiger partial charge on any atom is -0.274 e. The first-order valence-electron chi connectivity index (χ1n) is 5.80. The lowest BCUT2D eigenvalue weighted by molar-refractivity contribution is -0.115. The van der Waals surface area contributed by atoms with Gasteiger partial charge in [0.2, 0.25) is 5.91 Å². The lowest BCUT2D eigenvalue weighted by Crippen LogP contribution is -2.35. The number of carbonyl (C=O) groups is 1. The Bertz CT molecular complexity index is 659. The minimum atomic E-state index is -0.295. The van der Waals surface area contributed by atoms with Gasteiger partial charge >= 0.3 is 0 Å². The van der Waals surface area contributed by atoms with E-state index in [1.165, 1.54) is 11.6 Å². The summed E-state index contributed by atoms with van der Waals surface area (Å²) < 4.78 is 1.23. The number of amides is 1. The van der Waals surface area contributed by atoms with Gasteiger partial charge in [0, 0.05) is 12.8 Å². The highest BCUT2D eigenvalue weighted by atomic mass is 16.2. The third-order valence-corrected chi connectivity index (χ3v) is 2.59. The Morgan fingerprint density at radius 1 is 1.33 bits per heavy atom. The molecule has 1 heterocycles. The van der Waals surface area contributed by atoms with E-state index in [1.54, 1.807) is 18.2 Å². The molecule has 2 rings (SSSR count). The molecule has 5 nitrogen and oxygen atoms in total. The molecule has 1 amide bonds. The second-order valence-corrected chi connectivity index (χ2v) is 4.45. The number of para-hydroxylation sites is 1. The van der Waals surface area contributed by atoms with Crippen LogP contribution in [0.3, 0.4) is 0 Å². The van der Waals surface area contributed by atoms with Crippen molar-refractivity contribution >= 4 is 16.8 Å². The molecule has 18 heavy (non-hydrogen) atoms. The van der Waals surface area contributed by atoms with E-state index >= 15 is 0 Å². The molecule has 0 spiro atoms. The van der Waals surface area contributed by atoms with Crippen molar-refractivity contribution in [2.24, 2.45) is 0 Å². The Morgan fingerprint density at radius 3 is 2.61 bits per heavy atom. The summed E-state index contributed by atoms with van der Waals surface area (Å²) >= 11 is 0. The molecule has 1 aromatic heterocycles. The van der Waals surface area contributed by atoms with Crippen LogP contribution in [0.25, 0.3) is 10.9 Å². The van der Waals surface area contributed by atoms with Gasteiger partial charge in [-0.05, 0) is 12.1 Å². The second kappa shape index (κ2) is 4.60. The lowest BCUT2D eigenvalue weighted by atomic mass is 10.2. The van der Waals surface area contributed by atoms with Gasteiger partial charge in [0.25, 0.3) is 5.56 Å². The average molecular weight is 245 g/mol. The van der Waals surface area contributed by atoms with Gasteiger partial charge in [-0.15, -0.1) is 0 Å². The number of fused-ring (bicyclic) bond motifs is 1. The van der Waals surface area contributed by atoms with Gasteiger partial charge in [0.05, 0.1) is 10.9 Å². The van der Waals surface area contributed by atoms with E-state index in [2.05, 4.69) is 10.4 Å². The van der Waals surface area contributed by atoms with Crippen molar-refractivity contribution in [1.82, 2.24) is 9.66 Å². The summed E-state index contributed by atoms with van der Waals surface area (Å²) in [6.45, 7) is 5.22. The Labute approximate surface area is 104 Å². The quantitative estimate of drug-likeness (QED) is 0.874. The summed E-state index contributed by atoms with van der Waals surface area (Å²) in [7, 11) is 0. The Morgan fingerprint density at radius 2 is 2.00 bits per heavy atom. The molecule has 0 fully saturated rings. The molecule has 1 N–H and O–H groups in total. The van der Waals surface area contributed by atoms with E-state index in [1.807, 2.05) is 19.9 Å². The number of nitrogens with zero attached hydrogens (tertiary/aromatic N) is 2.